The average Bonchev–Trinajstić information content (AvgIpc) is 3.06. The molecule has 0 saturated carbocycles. The minimum absolute atomic E-state index is 0.0767. The number of nitriles is 1. The van der Waals surface area contributed by atoms with Gasteiger partial charge in [0.05, 0.1) is 56.4 Å². The number of aliphatic hydroxyl groups is 1. The molecule has 47 heavy (non-hydrogen) atoms. The van der Waals surface area contributed by atoms with Gasteiger partial charge in [-0.2, -0.15) is 5.26 Å². The number of carbonyl (C=O) groups is 1. The van der Waals surface area contributed by atoms with Crippen LogP contribution in [0.2, 0.25) is 5.02 Å². The lowest BCUT2D eigenvalue weighted by molar-refractivity contribution is 0.0838. The summed E-state index contributed by atoms with van der Waals surface area (Å²) in [5, 5.41) is 21.4. The quantitative estimate of drug-likeness (QED) is 0.203. The summed E-state index contributed by atoms with van der Waals surface area (Å²) >= 11 is 6.62. The van der Waals surface area contributed by atoms with E-state index in [0.29, 0.717) is 27.3 Å². The first-order chi connectivity index (χ1) is 22.7. The Kier molecular flexibility index (Phi) is 10.1. The van der Waals surface area contributed by atoms with Crippen LogP contribution in [-0.2, 0) is 11.3 Å². The second-order valence-corrected chi connectivity index (χ2v) is 10.9. The van der Waals surface area contributed by atoms with E-state index in [9.17, 15) is 24.0 Å². The largest absolute Gasteiger partial charge is 0.496 e. The van der Waals surface area contributed by atoms with Crippen molar-refractivity contribution in [3.63, 3.8) is 0 Å². The van der Waals surface area contributed by atoms with Gasteiger partial charge < -0.3 is 19.9 Å². The number of aryl methyl sites for hydroxylation is 1. The molecule has 0 saturated heterocycles. The number of ether oxygens (including phenoxy) is 2. The standard InChI is InChI=1S/C34H29ClFN5O6/c1-20-11-25(18-38-17-20)41-33(44)31-29(40(34(41)45)19-21-3-6-28(36)24(12-21)16-37)14-23(15-30(31)46-2)26-13-22(4-5-27(26)35)32(43)39-7-9-47-10-8-42/h3-6,11-15,17-18,42H,7-10,19H2,1-2H3,(H,39,43). The number of hydrogen-bond acceptors (Lipinski definition) is 8. The Morgan fingerprint density at radius 1 is 1.11 bits per heavy atom. The van der Waals surface area contributed by atoms with Crippen molar-refractivity contribution >= 4 is 28.4 Å². The molecule has 11 nitrogen and oxygen atoms in total. The fourth-order valence-corrected chi connectivity index (χ4v) is 5.37. The number of nitrogens with one attached hydrogen (secondary N) is 1. The summed E-state index contributed by atoms with van der Waals surface area (Å²) in [4.78, 5) is 45.3. The number of methoxy groups -OCH3 is 1. The Morgan fingerprint density at radius 2 is 1.91 bits per heavy atom. The maximum Gasteiger partial charge on any atom is 0.336 e. The topological polar surface area (TPSA) is 148 Å². The number of nitrogens with zero attached hydrogens (tertiary/aromatic N) is 4. The van der Waals surface area contributed by atoms with Gasteiger partial charge in [0.15, 0.2) is 0 Å². The van der Waals surface area contributed by atoms with Gasteiger partial charge in [-0.25, -0.2) is 13.8 Å². The van der Waals surface area contributed by atoms with Gasteiger partial charge in [-0.3, -0.25) is 19.1 Å². The number of aromatic nitrogens is 3. The lowest BCUT2D eigenvalue weighted by atomic mass is 10.00. The first-order valence-corrected chi connectivity index (χ1v) is 14.8. The van der Waals surface area contributed by atoms with E-state index in [1.54, 1.807) is 55.6 Å². The summed E-state index contributed by atoms with van der Waals surface area (Å²) in [7, 11) is 1.38. The maximum absolute atomic E-state index is 14.2. The first-order valence-electron chi connectivity index (χ1n) is 14.4. The highest BCUT2D eigenvalue weighted by molar-refractivity contribution is 6.33. The fraction of sp³-hybridized carbons (Fsp3) is 0.206. The van der Waals surface area contributed by atoms with Gasteiger partial charge >= 0.3 is 5.69 Å². The monoisotopic (exact) mass is 657 g/mol. The summed E-state index contributed by atoms with van der Waals surface area (Å²) in [6.45, 7) is 2.10. The van der Waals surface area contributed by atoms with Crippen molar-refractivity contribution in [3.05, 3.63) is 121 Å². The number of amides is 1. The molecule has 2 N–H and O–H groups in total. The van der Waals surface area contributed by atoms with Crippen molar-refractivity contribution in [2.24, 2.45) is 0 Å². The van der Waals surface area contributed by atoms with E-state index in [1.165, 1.54) is 30.0 Å². The summed E-state index contributed by atoms with van der Waals surface area (Å²) in [5.74, 6) is -0.960. The number of benzene rings is 3. The van der Waals surface area contributed by atoms with Crippen molar-refractivity contribution in [2.75, 3.05) is 33.5 Å². The normalized spacial score (nSPS) is 11.0. The van der Waals surface area contributed by atoms with Gasteiger partial charge in [-0.15, -0.1) is 0 Å². The molecule has 2 heterocycles. The van der Waals surface area contributed by atoms with Gasteiger partial charge in [0.1, 0.15) is 23.0 Å². The summed E-state index contributed by atoms with van der Waals surface area (Å²) in [6.07, 6.45) is 2.99. The predicted molar refractivity (Wildman–Crippen MR) is 174 cm³/mol. The average molecular weight is 658 g/mol. The van der Waals surface area contributed by atoms with Gasteiger partial charge in [-0.05, 0) is 72.1 Å². The van der Waals surface area contributed by atoms with Crippen LogP contribution >= 0.6 is 11.6 Å². The molecule has 0 fully saturated rings. The molecule has 0 bridgehead atoms. The number of halogens is 2. The highest BCUT2D eigenvalue weighted by atomic mass is 35.5. The molecule has 0 unspecified atom stereocenters. The summed E-state index contributed by atoms with van der Waals surface area (Å²) in [5.41, 5.74) is 1.17. The molecule has 0 aliphatic rings. The van der Waals surface area contributed by atoms with Crippen molar-refractivity contribution < 1.29 is 23.8 Å². The summed E-state index contributed by atoms with van der Waals surface area (Å²) in [6, 6.07) is 15.3. The molecule has 5 aromatic rings. The van der Waals surface area contributed by atoms with Crippen molar-refractivity contribution in [2.45, 2.75) is 13.5 Å². The molecule has 0 aliphatic heterocycles. The molecule has 240 valence electrons. The zero-order valence-corrected chi connectivity index (χ0v) is 26.2. The van der Waals surface area contributed by atoms with E-state index in [1.807, 2.05) is 0 Å². The second kappa shape index (κ2) is 14.4. The first kappa shape index (κ1) is 33.0. The van der Waals surface area contributed by atoms with Crippen LogP contribution in [0.25, 0.3) is 27.7 Å². The van der Waals surface area contributed by atoms with Crippen LogP contribution in [0.3, 0.4) is 0 Å². The molecule has 0 atom stereocenters. The highest BCUT2D eigenvalue weighted by Crippen LogP contribution is 2.35. The zero-order valence-electron chi connectivity index (χ0n) is 25.4. The van der Waals surface area contributed by atoms with Gasteiger partial charge in [0.25, 0.3) is 11.5 Å². The Balaban J connectivity index is 1.72. The van der Waals surface area contributed by atoms with Crippen molar-refractivity contribution in [3.8, 4) is 28.6 Å². The van der Waals surface area contributed by atoms with Crippen LogP contribution < -0.4 is 21.3 Å². The van der Waals surface area contributed by atoms with Crippen LogP contribution in [0.4, 0.5) is 4.39 Å². The molecular weight excluding hydrogens is 629 g/mol. The van der Waals surface area contributed by atoms with Crippen LogP contribution in [0.1, 0.15) is 27.0 Å². The van der Waals surface area contributed by atoms with E-state index >= 15 is 0 Å². The number of aliphatic hydroxyl groups excluding tert-OH is 1. The summed E-state index contributed by atoms with van der Waals surface area (Å²) < 4.78 is 27.4. The molecule has 5 rings (SSSR count). The molecule has 0 aliphatic carbocycles. The zero-order chi connectivity index (χ0) is 33.7. The predicted octanol–water partition coefficient (Wildman–Crippen LogP) is 3.98. The second-order valence-electron chi connectivity index (χ2n) is 10.5. The van der Waals surface area contributed by atoms with Gasteiger partial charge in [0, 0.05) is 28.9 Å². The third-order valence-electron chi connectivity index (χ3n) is 7.35. The number of hydrogen-bond donors (Lipinski definition) is 2. The lowest BCUT2D eigenvalue weighted by Gasteiger charge is -2.18. The maximum atomic E-state index is 14.2. The van der Waals surface area contributed by atoms with E-state index in [2.05, 4.69) is 10.3 Å². The van der Waals surface area contributed by atoms with Gasteiger partial charge in [-0.1, -0.05) is 17.7 Å². The molecule has 13 heteroatoms. The Bertz CT molecular complexity index is 2160. The molecule has 2 aromatic heterocycles. The fourth-order valence-electron chi connectivity index (χ4n) is 5.14. The Labute approximate surface area is 273 Å². The van der Waals surface area contributed by atoms with Crippen LogP contribution in [0.5, 0.6) is 5.75 Å². The molecular formula is C34H29ClFN5O6. The smallest absolute Gasteiger partial charge is 0.336 e. The van der Waals surface area contributed by atoms with E-state index in [4.69, 9.17) is 26.2 Å². The van der Waals surface area contributed by atoms with Crippen molar-refractivity contribution in [1.82, 2.24) is 19.4 Å². The van der Waals surface area contributed by atoms with E-state index in [-0.39, 0.29) is 66.7 Å². The Hall–Kier alpha value is -5.35. The third-order valence-corrected chi connectivity index (χ3v) is 7.68. The molecule has 1 amide bonds. The lowest BCUT2D eigenvalue weighted by Crippen LogP contribution is -2.39. The minimum Gasteiger partial charge on any atom is -0.496 e. The highest BCUT2D eigenvalue weighted by Gasteiger charge is 2.22. The van der Waals surface area contributed by atoms with Gasteiger partial charge in [0.2, 0.25) is 0 Å². The number of rotatable bonds is 11. The Morgan fingerprint density at radius 3 is 2.64 bits per heavy atom. The van der Waals surface area contributed by atoms with Crippen LogP contribution in [0.15, 0.2) is 76.6 Å². The number of pyridine rings is 1. The van der Waals surface area contributed by atoms with Crippen LogP contribution in [-0.4, -0.2) is 58.6 Å². The van der Waals surface area contributed by atoms with Crippen LogP contribution in [0, 0.1) is 24.1 Å². The van der Waals surface area contributed by atoms with E-state index in [0.717, 1.165) is 16.2 Å². The molecule has 0 spiro atoms. The molecule has 3 aromatic carbocycles. The third kappa shape index (κ3) is 6.92. The van der Waals surface area contributed by atoms with Crippen molar-refractivity contribution in [1.29, 1.82) is 5.26 Å². The number of carbonyl (C=O) groups excluding carboxylic acids is 1. The SMILES string of the molecule is COc1cc(-c2cc(C(=O)NCCOCCO)ccc2Cl)cc2c1c(=O)n(-c1cncc(C)c1)c(=O)n2Cc1ccc(F)c(C#N)c1. The number of fused-ring (bicyclic) bond motifs is 1. The minimum atomic E-state index is -0.709. The molecule has 0 radical (unpaired) electrons. The van der Waals surface area contributed by atoms with E-state index < -0.39 is 17.1 Å².